The minimum absolute atomic E-state index is 0.172. The Balaban J connectivity index is 3.01. The van der Waals surface area contributed by atoms with Crippen LogP contribution in [0, 0.1) is 0 Å². The van der Waals surface area contributed by atoms with E-state index in [-0.39, 0.29) is 12.1 Å². The molecule has 2 unspecified atom stereocenters. The van der Waals surface area contributed by atoms with Gasteiger partial charge in [-0.15, -0.1) is 0 Å². The molecule has 0 bridgehead atoms. The molecule has 0 saturated carbocycles. The van der Waals surface area contributed by atoms with E-state index in [0.29, 0.717) is 0 Å². The minimum atomic E-state index is 0.172. The molecule has 1 aromatic rings. The maximum absolute atomic E-state index is 5.64. The molecule has 0 aromatic heterocycles. The number of hydrogen-bond acceptors (Lipinski definition) is 3. The number of benzene rings is 1. The quantitative estimate of drug-likeness (QED) is 0.770. The second kappa shape index (κ2) is 8.11. The van der Waals surface area contributed by atoms with Gasteiger partial charge in [0.2, 0.25) is 0 Å². The largest absolute Gasteiger partial charge is 0.496 e. The molecule has 0 radical (unpaired) electrons. The highest BCUT2D eigenvalue weighted by Gasteiger charge is 2.24. The number of nitrogens with one attached hydrogen (secondary N) is 1. The van der Waals surface area contributed by atoms with Crippen LogP contribution in [0.5, 0.6) is 5.75 Å². The van der Waals surface area contributed by atoms with Gasteiger partial charge in [0, 0.05) is 12.7 Å². The predicted molar refractivity (Wildman–Crippen MR) is 75.1 cm³/mol. The van der Waals surface area contributed by atoms with E-state index in [4.69, 9.17) is 9.47 Å². The van der Waals surface area contributed by atoms with E-state index in [0.717, 1.165) is 25.1 Å². The molecule has 0 aliphatic heterocycles. The monoisotopic (exact) mass is 251 g/mol. The van der Waals surface area contributed by atoms with Crippen LogP contribution in [-0.4, -0.2) is 26.9 Å². The van der Waals surface area contributed by atoms with Crippen LogP contribution in [0.25, 0.3) is 0 Å². The zero-order valence-corrected chi connectivity index (χ0v) is 11.9. The Morgan fingerprint density at radius 1 is 1.17 bits per heavy atom. The second-order valence-corrected chi connectivity index (χ2v) is 4.34. The normalized spacial score (nSPS) is 14.2. The zero-order chi connectivity index (χ0) is 13.4. The molecule has 0 fully saturated rings. The van der Waals surface area contributed by atoms with Gasteiger partial charge >= 0.3 is 0 Å². The Labute approximate surface area is 110 Å². The molecule has 0 heterocycles. The molecular formula is C15H25NO2. The van der Waals surface area contributed by atoms with Crippen LogP contribution in [0.3, 0.4) is 0 Å². The Morgan fingerprint density at radius 3 is 2.44 bits per heavy atom. The van der Waals surface area contributed by atoms with Crippen molar-refractivity contribution in [2.75, 3.05) is 20.8 Å². The summed E-state index contributed by atoms with van der Waals surface area (Å²) in [5, 5.41) is 3.50. The van der Waals surface area contributed by atoms with Crippen LogP contribution in [0.15, 0.2) is 24.3 Å². The van der Waals surface area contributed by atoms with Crippen molar-refractivity contribution in [1.29, 1.82) is 0 Å². The summed E-state index contributed by atoms with van der Waals surface area (Å²) in [7, 11) is 3.49. The first kappa shape index (κ1) is 15.0. The molecular weight excluding hydrogens is 226 g/mol. The average Bonchev–Trinajstić information content (AvgIpc) is 2.42. The van der Waals surface area contributed by atoms with Crippen LogP contribution in [0.4, 0.5) is 0 Å². The van der Waals surface area contributed by atoms with Crippen molar-refractivity contribution in [3.8, 4) is 5.75 Å². The van der Waals surface area contributed by atoms with Crippen LogP contribution in [0.2, 0.25) is 0 Å². The summed E-state index contributed by atoms with van der Waals surface area (Å²) < 4.78 is 11.1. The smallest absolute Gasteiger partial charge is 0.123 e. The van der Waals surface area contributed by atoms with Crippen LogP contribution < -0.4 is 10.1 Å². The van der Waals surface area contributed by atoms with E-state index in [2.05, 4.69) is 25.2 Å². The third-order valence-electron chi connectivity index (χ3n) is 3.15. The molecule has 0 spiro atoms. The van der Waals surface area contributed by atoms with Crippen molar-refractivity contribution >= 4 is 0 Å². The van der Waals surface area contributed by atoms with Gasteiger partial charge in [-0.05, 0) is 19.0 Å². The number of para-hydroxylation sites is 1. The Morgan fingerprint density at radius 2 is 1.89 bits per heavy atom. The highest BCUT2D eigenvalue weighted by molar-refractivity contribution is 5.36. The zero-order valence-electron chi connectivity index (χ0n) is 11.9. The summed E-state index contributed by atoms with van der Waals surface area (Å²) in [5.74, 6) is 0.918. The van der Waals surface area contributed by atoms with Gasteiger partial charge in [-0.1, -0.05) is 38.5 Å². The van der Waals surface area contributed by atoms with Crippen LogP contribution >= 0.6 is 0 Å². The third-order valence-corrected chi connectivity index (χ3v) is 3.15. The second-order valence-electron chi connectivity index (χ2n) is 4.34. The van der Waals surface area contributed by atoms with Gasteiger partial charge in [-0.2, -0.15) is 0 Å². The van der Waals surface area contributed by atoms with Gasteiger partial charge in [-0.25, -0.2) is 0 Å². The Bertz CT molecular complexity index is 341. The first-order valence-electron chi connectivity index (χ1n) is 6.67. The van der Waals surface area contributed by atoms with Crippen molar-refractivity contribution in [1.82, 2.24) is 5.32 Å². The fourth-order valence-electron chi connectivity index (χ4n) is 2.29. The molecule has 0 saturated heterocycles. The van der Waals surface area contributed by atoms with Gasteiger partial charge in [-0.3, -0.25) is 0 Å². The molecule has 102 valence electrons. The lowest BCUT2D eigenvalue weighted by Gasteiger charge is -2.28. The SMILES string of the molecule is CCCC(OC)C(NCC)c1ccccc1OC. The molecule has 0 aliphatic rings. The Hall–Kier alpha value is -1.06. The van der Waals surface area contributed by atoms with Crippen molar-refractivity contribution < 1.29 is 9.47 Å². The average molecular weight is 251 g/mol. The molecule has 1 aromatic carbocycles. The van der Waals surface area contributed by atoms with Crippen molar-refractivity contribution in [3.63, 3.8) is 0 Å². The molecule has 2 atom stereocenters. The number of methoxy groups -OCH3 is 2. The molecule has 1 rings (SSSR count). The lowest BCUT2D eigenvalue weighted by atomic mass is 9.97. The standard InChI is InChI=1S/C15H25NO2/c1-5-9-14(18-4)15(16-6-2)12-10-7-8-11-13(12)17-3/h7-8,10-11,14-16H,5-6,9H2,1-4H3. The van der Waals surface area contributed by atoms with Crippen molar-refractivity contribution in [2.45, 2.75) is 38.8 Å². The van der Waals surface area contributed by atoms with Gasteiger partial charge in [0.05, 0.1) is 19.3 Å². The van der Waals surface area contributed by atoms with Crippen LogP contribution in [0.1, 0.15) is 38.3 Å². The minimum Gasteiger partial charge on any atom is -0.496 e. The van der Waals surface area contributed by atoms with Crippen LogP contribution in [-0.2, 0) is 4.74 Å². The fraction of sp³-hybridized carbons (Fsp3) is 0.600. The van der Waals surface area contributed by atoms with E-state index in [1.165, 1.54) is 5.56 Å². The van der Waals surface area contributed by atoms with E-state index in [1.54, 1.807) is 14.2 Å². The van der Waals surface area contributed by atoms with Gasteiger partial charge in [0.25, 0.3) is 0 Å². The molecule has 3 heteroatoms. The van der Waals surface area contributed by atoms with E-state index in [9.17, 15) is 0 Å². The number of ether oxygens (including phenoxy) is 2. The van der Waals surface area contributed by atoms with E-state index < -0.39 is 0 Å². The summed E-state index contributed by atoms with van der Waals surface area (Å²) in [6.45, 7) is 5.20. The maximum Gasteiger partial charge on any atom is 0.123 e. The highest BCUT2D eigenvalue weighted by Crippen LogP contribution is 2.29. The number of rotatable bonds is 8. The molecule has 3 nitrogen and oxygen atoms in total. The van der Waals surface area contributed by atoms with E-state index in [1.807, 2.05) is 18.2 Å². The lowest BCUT2D eigenvalue weighted by Crippen LogP contribution is -2.33. The summed E-state index contributed by atoms with van der Waals surface area (Å²) >= 11 is 0. The lowest BCUT2D eigenvalue weighted by molar-refractivity contribution is 0.0603. The summed E-state index contributed by atoms with van der Waals surface area (Å²) in [6, 6.07) is 8.32. The summed E-state index contributed by atoms with van der Waals surface area (Å²) in [6.07, 6.45) is 2.31. The van der Waals surface area contributed by atoms with Gasteiger partial charge < -0.3 is 14.8 Å². The highest BCUT2D eigenvalue weighted by atomic mass is 16.5. The number of hydrogen-bond donors (Lipinski definition) is 1. The molecule has 1 N–H and O–H groups in total. The van der Waals surface area contributed by atoms with E-state index >= 15 is 0 Å². The maximum atomic E-state index is 5.64. The van der Waals surface area contributed by atoms with Gasteiger partial charge in [0.1, 0.15) is 5.75 Å². The molecule has 0 aliphatic carbocycles. The number of likely N-dealkylation sites (N-methyl/N-ethyl adjacent to an activating group) is 1. The first-order chi connectivity index (χ1) is 8.78. The third kappa shape index (κ3) is 3.72. The Kier molecular flexibility index (Phi) is 6.76. The summed E-state index contributed by atoms with van der Waals surface area (Å²) in [5.41, 5.74) is 1.17. The molecule has 0 amide bonds. The molecule has 18 heavy (non-hydrogen) atoms. The first-order valence-corrected chi connectivity index (χ1v) is 6.67. The van der Waals surface area contributed by atoms with Crippen molar-refractivity contribution in [3.05, 3.63) is 29.8 Å². The predicted octanol–water partition coefficient (Wildman–Crippen LogP) is 3.16. The fourth-order valence-corrected chi connectivity index (χ4v) is 2.29. The topological polar surface area (TPSA) is 30.5 Å². The van der Waals surface area contributed by atoms with Crippen molar-refractivity contribution in [2.24, 2.45) is 0 Å². The van der Waals surface area contributed by atoms with Gasteiger partial charge in [0.15, 0.2) is 0 Å². The summed E-state index contributed by atoms with van der Waals surface area (Å²) in [4.78, 5) is 0.